The van der Waals surface area contributed by atoms with E-state index in [0.29, 0.717) is 12.1 Å². The van der Waals surface area contributed by atoms with E-state index in [-0.39, 0.29) is 11.8 Å². The van der Waals surface area contributed by atoms with E-state index in [1.807, 2.05) is 4.90 Å². The van der Waals surface area contributed by atoms with Gasteiger partial charge in [-0.05, 0) is 26.7 Å². The Morgan fingerprint density at radius 3 is 1.85 bits per heavy atom. The molecule has 0 radical (unpaired) electrons. The minimum Gasteiger partial charge on any atom is -0.336 e. The predicted molar refractivity (Wildman–Crippen MR) is 57.1 cm³/mol. The molecule has 3 heteroatoms. The maximum Gasteiger partial charge on any atom is 0.237 e. The van der Waals surface area contributed by atoms with Crippen molar-refractivity contribution in [2.24, 2.45) is 0 Å². The van der Waals surface area contributed by atoms with Crippen molar-refractivity contribution in [2.75, 3.05) is 5.88 Å². The normalized spacial score (nSPS) is 15.2. The van der Waals surface area contributed by atoms with Crippen LogP contribution in [0.15, 0.2) is 0 Å². The van der Waals surface area contributed by atoms with Gasteiger partial charge in [0, 0.05) is 12.1 Å². The van der Waals surface area contributed by atoms with Crippen molar-refractivity contribution in [1.29, 1.82) is 0 Å². The topological polar surface area (TPSA) is 20.3 Å². The Labute approximate surface area is 86.2 Å². The molecule has 78 valence electrons. The van der Waals surface area contributed by atoms with Gasteiger partial charge in [0.25, 0.3) is 0 Å². The molecule has 2 atom stereocenters. The van der Waals surface area contributed by atoms with E-state index in [4.69, 9.17) is 11.6 Å². The molecule has 0 aromatic rings. The second kappa shape index (κ2) is 6.25. The summed E-state index contributed by atoms with van der Waals surface area (Å²) in [4.78, 5) is 13.4. The summed E-state index contributed by atoms with van der Waals surface area (Å²) in [7, 11) is 0. The van der Waals surface area contributed by atoms with E-state index < -0.39 is 0 Å². The maximum atomic E-state index is 11.5. The highest BCUT2D eigenvalue weighted by molar-refractivity contribution is 6.27. The van der Waals surface area contributed by atoms with Gasteiger partial charge in [0.15, 0.2) is 0 Å². The number of halogens is 1. The Morgan fingerprint density at radius 2 is 1.62 bits per heavy atom. The van der Waals surface area contributed by atoms with E-state index >= 15 is 0 Å². The van der Waals surface area contributed by atoms with Gasteiger partial charge in [-0.15, -0.1) is 11.6 Å². The van der Waals surface area contributed by atoms with Crippen LogP contribution < -0.4 is 0 Å². The van der Waals surface area contributed by atoms with Crippen molar-refractivity contribution in [1.82, 2.24) is 4.90 Å². The summed E-state index contributed by atoms with van der Waals surface area (Å²) < 4.78 is 0. The fourth-order valence-corrected chi connectivity index (χ4v) is 1.53. The van der Waals surface area contributed by atoms with Gasteiger partial charge >= 0.3 is 0 Å². The van der Waals surface area contributed by atoms with Crippen LogP contribution in [0.4, 0.5) is 0 Å². The molecule has 0 N–H and O–H groups in total. The standard InChI is InChI=1S/C10H20ClNO/c1-5-8(3)12(9(4)6-2)10(13)7-11/h8-9H,5-7H2,1-4H3/t8-,9-/m1/s1. The van der Waals surface area contributed by atoms with E-state index in [0.717, 1.165) is 12.8 Å². The van der Waals surface area contributed by atoms with Gasteiger partial charge in [0.2, 0.25) is 5.91 Å². The van der Waals surface area contributed by atoms with Crippen LogP contribution in [0, 0.1) is 0 Å². The first-order valence-electron chi connectivity index (χ1n) is 4.95. The largest absolute Gasteiger partial charge is 0.336 e. The SMILES string of the molecule is CC[C@@H](C)N(C(=O)CCl)[C@H](C)CC. The van der Waals surface area contributed by atoms with Crippen LogP contribution in [0.3, 0.4) is 0 Å². The molecule has 0 aromatic heterocycles. The number of hydrogen-bond donors (Lipinski definition) is 0. The van der Waals surface area contributed by atoms with Crippen molar-refractivity contribution in [3.05, 3.63) is 0 Å². The van der Waals surface area contributed by atoms with Gasteiger partial charge < -0.3 is 4.90 Å². The summed E-state index contributed by atoms with van der Waals surface area (Å²) in [5.41, 5.74) is 0. The number of hydrogen-bond acceptors (Lipinski definition) is 1. The summed E-state index contributed by atoms with van der Waals surface area (Å²) in [5, 5.41) is 0. The first kappa shape index (κ1) is 12.8. The summed E-state index contributed by atoms with van der Waals surface area (Å²) in [6.07, 6.45) is 1.96. The minimum absolute atomic E-state index is 0.0466. The van der Waals surface area contributed by atoms with Crippen LogP contribution in [0.25, 0.3) is 0 Å². The molecule has 1 amide bonds. The summed E-state index contributed by atoms with van der Waals surface area (Å²) in [5.74, 6) is 0.139. The van der Waals surface area contributed by atoms with Crippen LogP contribution in [0.1, 0.15) is 40.5 Å². The molecule has 0 saturated carbocycles. The molecule has 0 bridgehead atoms. The Balaban J connectivity index is 4.44. The number of alkyl halides is 1. The fraction of sp³-hybridized carbons (Fsp3) is 0.900. The third-order valence-electron chi connectivity index (χ3n) is 2.53. The summed E-state index contributed by atoms with van der Waals surface area (Å²) >= 11 is 5.56. The number of carbonyl (C=O) groups excluding carboxylic acids is 1. The highest BCUT2D eigenvalue weighted by atomic mass is 35.5. The lowest BCUT2D eigenvalue weighted by atomic mass is 10.1. The molecule has 2 nitrogen and oxygen atoms in total. The molecule has 0 heterocycles. The average Bonchev–Trinajstić information content (AvgIpc) is 2.16. The molecule has 0 aliphatic rings. The Morgan fingerprint density at radius 1 is 1.23 bits per heavy atom. The van der Waals surface area contributed by atoms with Crippen LogP contribution in [0.5, 0.6) is 0 Å². The lowest BCUT2D eigenvalue weighted by Crippen LogP contribution is -2.44. The molecule has 0 aliphatic carbocycles. The summed E-state index contributed by atoms with van der Waals surface area (Å²) in [6.45, 7) is 8.30. The van der Waals surface area contributed by atoms with Crippen LogP contribution in [0.2, 0.25) is 0 Å². The molecule has 0 aromatic carbocycles. The first-order chi connectivity index (χ1) is 6.08. The zero-order valence-electron chi connectivity index (χ0n) is 9.01. The highest BCUT2D eigenvalue weighted by Gasteiger charge is 2.22. The molecule has 0 unspecified atom stereocenters. The van der Waals surface area contributed by atoms with E-state index in [1.54, 1.807) is 0 Å². The van der Waals surface area contributed by atoms with Crippen molar-refractivity contribution in [2.45, 2.75) is 52.6 Å². The van der Waals surface area contributed by atoms with Crippen molar-refractivity contribution in [3.63, 3.8) is 0 Å². The van der Waals surface area contributed by atoms with Gasteiger partial charge in [-0.1, -0.05) is 13.8 Å². The van der Waals surface area contributed by atoms with Gasteiger partial charge in [-0.25, -0.2) is 0 Å². The van der Waals surface area contributed by atoms with Crippen LogP contribution >= 0.6 is 11.6 Å². The van der Waals surface area contributed by atoms with Gasteiger partial charge in [0.05, 0.1) is 0 Å². The van der Waals surface area contributed by atoms with Crippen LogP contribution in [-0.2, 0) is 4.79 Å². The maximum absolute atomic E-state index is 11.5. The average molecular weight is 206 g/mol. The second-order valence-corrected chi connectivity index (χ2v) is 3.72. The third kappa shape index (κ3) is 3.55. The minimum atomic E-state index is 0.0466. The Bertz CT molecular complexity index is 151. The Kier molecular flexibility index (Phi) is 6.13. The first-order valence-corrected chi connectivity index (χ1v) is 5.48. The zero-order valence-corrected chi connectivity index (χ0v) is 9.77. The molecule has 0 saturated heterocycles. The molecule has 13 heavy (non-hydrogen) atoms. The fourth-order valence-electron chi connectivity index (χ4n) is 1.39. The van der Waals surface area contributed by atoms with Gasteiger partial charge in [-0.3, -0.25) is 4.79 Å². The quantitative estimate of drug-likeness (QED) is 0.632. The molecule has 0 aliphatic heterocycles. The van der Waals surface area contributed by atoms with E-state index in [2.05, 4.69) is 27.7 Å². The monoisotopic (exact) mass is 205 g/mol. The van der Waals surface area contributed by atoms with Crippen molar-refractivity contribution in [3.8, 4) is 0 Å². The number of rotatable bonds is 5. The van der Waals surface area contributed by atoms with Gasteiger partial charge in [-0.2, -0.15) is 0 Å². The molecule has 0 rings (SSSR count). The number of carbonyl (C=O) groups is 1. The predicted octanol–water partition coefficient (Wildman–Crippen LogP) is 2.65. The van der Waals surface area contributed by atoms with E-state index in [9.17, 15) is 4.79 Å². The van der Waals surface area contributed by atoms with Gasteiger partial charge in [0.1, 0.15) is 5.88 Å². The number of amides is 1. The molecule has 0 spiro atoms. The molecular formula is C10H20ClNO. The van der Waals surface area contributed by atoms with E-state index in [1.165, 1.54) is 0 Å². The molecular weight excluding hydrogens is 186 g/mol. The highest BCUT2D eigenvalue weighted by Crippen LogP contribution is 2.12. The third-order valence-corrected chi connectivity index (χ3v) is 2.76. The zero-order chi connectivity index (χ0) is 10.4. The number of nitrogens with zero attached hydrogens (tertiary/aromatic N) is 1. The summed E-state index contributed by atoms with van der Waals surface area (Å²) in [6, 6.07) is 0.586. The molecule has 0 fully saturated rings. The lowest BCUT2D eigenvalue weighted by molar-refractivity contribution is -0.132. The lowest BCUT2D eigenvalue weighted by Gasteiger charge is -2.33. The second-order valence-electron chi connectivity index (χ2n) is 3.45. The van der Waals surface area contributed by atoms with Crippen molar-refractivity contribution >= 4 is 17.5 Å². The van der Waals surface area contributed by atoms with Crippen LogP contribution in [-0.4, -0.2) is 28.8 Å². The van der Waals surface area contributed by atoms with Crippen molar-refractivity contribution < 1.29 is 4.79 Å². The smallest absolute Gasteiger partial charge is 0.237 e. The Hall–Kier alpha value is -0.240.